The summed E-state index contributed by atoms with van der Waals surface area (Å²) in [7, 11) is 4.01. The maximum atomic E-state index is 4.38. The number of hydrogen-bond donors (Lipinski definition) is 1. The lowest BCUT2D eigenvalue weighted by Gasteiger charge is -2.19. The van der Waals surface area contributed by atoms with E-state index in [0.29, 0.717) is 0 Å². The van der Waals surface area contributed by atoms with Crippen LogP contribution in [0.15, 0.2) is 16.7 Å². The van der Waals surface area contributed by atoms with Gasteiger partial charge in [-0.3, -0.25) is 0 Å². The molecule has 0 amide bonds. The van der Waals surface area contributed by atoms with Gasteiger partial charge in [0.2, 0.25) is 0 Å². The molecule has 0 atom stereocenters. The van der Waals surface area contributed by atoms with E-state index in [-0.39, 0.29) is 0 Å². The molecule has 0 unspecified atom stereocenters. The number of nitrogens with zero attached hydrogens (tertiary/aromatic N) is 2. The standard InChI is InChI=1S/C10H16BrN3/c1-8-6-9(11)7-13-10(8)14(3)5-4-12-2/h6-7,12H,4-5H2,1-3H3. The monoisotopic (exact) mass is 257 g/mol. The molecular weight excluding hydrogens is 242 g/mol. The first kappa shape index (κ1) is 11.5. The van der Waals surface area contributed by atoms with Crippen LogP contribution in [0.5, 0.6) is 0 Å². The molecule has 0 aliphatic heterocycles. The van der Waals surface area contributed by atoms with Gasteiger partial charge in [-0.15, -0.1) is 0 Å². The molecule has 0 bridgehead atoms. The number of hydrogen-bond acceptors (Lipinski definition) is 3. The van der Waals surface area contributed by atoms with Gasteiger partial charge in [-0.05, 0) is 41.5 Å². The van der Waals surface area contributed by atoms with E-state index in [2.05, 4.69) is 51.2 Å². The Hall–Kier alpha value is -0.610. The summed E-state index contributed by atoms with van der Waals surface area (Å²) in [4.78, 5) is 6.53. The molecule has 0 saturated heterocycles. The molecular formula is C10H16BrN3. The van der Waals surface area contributed by atoms with E-state index in [4.69, 9.17) is 0 Å². The van der Waals surface area contributed by atoms with E-state index in [1.807, 2.05) is 13.2 Å². The number of anilines is 1. The number of rotatable bonds is 4. The van der Waals surface area contributed by atoms with Gasteiger partial charge >= 0.3 is 0 Å². The first-order valence-corrected chi connectivity index (χ1v) is 5.42. The van der Waals surface area contributed by atoms with Crippen LogP contribution in [0.2, 0.25) is 0 Å². The van der Waals surface area contributed by atoms with Crippen molar-refractivity contribution in [2.75, 3.05) is 32.1 Å². The zero-order chi connectivity index (χ0) is 10.6. The highest BCUT2D eigenvalue weighted by molar-refractivity contribution is 9.10. The van der Waals surface area contributed by atoms with E-state index >= 15 is 0 Å². The Morgan fingerprint density at radius 2 is 2.29 bits per heavy atom. The normalized spacial score (nSPS) is 10.3. The Balaban J connectivity index is 2.74. The Morgan fingerprint density at radius 3 is 2.86 bits per heavy atom. The molecule has 1 rings (SSSR count). The summed E-state index contributed by atoms with van der Waals surface area (Å²) in [6, 6.07) is 2.08. The van der Waals surface area contributed by atoms with Crippen LogP contribution in [-0.2, 0) is 0 Å². The van der Waals surface area contributed by atoms with Gasteiger partial charge in [0, 0.05) is 30.8 Å². The number of aromatic nitrogens is 1. The van der Waals surface area contributed by atoms with Crippen molar-refractivity contribution in [2.24, 2.45) is 0 Å². The fraction of sp³-hybridized carbons (Fsp3) is 0.500. The van der Waals surface area contributed by atoms with Crippen molar-refractivity contribution in [2.45, 2.75) is 6.92 Å². The van der Waals surface area contributed by atoms with Crippen LogP contribution in [0.25, 0.3) is 0 Å². The second-order valence-corrected chi connectivity index (χ2v) is 4.23. The SMILES string of the molecule is CNCCN(C)c1ncc(Br)cc1C. The highest BCUT2D eigenvalue weighted by Crippen LogP contribution is 2.19. The number of pyridine rings is 1. The first-order valence-electron chi connectivity index (χ1n) is 4.63. The molecule has 0 saturated carbocycles. The van der Waals surface area contributed by atoms with E-state index in [1.54, 1.807) is 0 Å². The average Bonchev–Trinajstić information content (AvgIpc) is 2.14. The molecule has 0 aliphatic carbocycles. The molecule has 1 N–H and O–H groups in total. The summed E-state index contributed by atoms with van der Waals surface area (Å²) in [5.41, 5.74) is 1.19. The predicted molar refractivity (Wildman–Crippen MR) is 63.9 cm³/mol. The minimum absolute atomic E-state index is 0.964. The fourth-order valence-electron chi connectivity index (χ4n) is 1.32. The van der Waals surface area contributed by atoms with Crippen LogP contribution in [0.3, 0.4) is 0 Å². The highest BCUT2D eigenvalue weighted by atomic mass is 79.9. The van der Waals surface area contributed by atoms with Gasteiger partial charge in [0.25, 0.3) is 0 Å². The van der Waals surface area contributed by atoms with Crippen molar-refractivity contribution < 1.29 is 0 Å². The quantitative estimate of drug-likeness (QED) is 0.892. The third-order valence-electron chi connectivity index (χ3n) is 2.08. The van der Waals surface area contributed by atoms with E-state index in [1.165, 1.54) is 5.56 Å². The van der Waals surface area contributed by atoms with Gasteiger partial charge < -0.3 is 10.2 Å². The van der Waals surface area contributed by atoms with E-state index in [9.17, 15) is 0 Å². The third kappa shape index (κ3) is 2.96. The maximum absolute atomic E-state index is 4.38. The lowest BCUT2D eigenvalue weighted by molar-refractivity contribution is 0.759. The Kier molecular flexibility index (Phi) is 4.35. The Morgan fingerprint density at radius 1 is 1.57 bits per heavy atom. The lowest BCUT2D eigenvalue weighted by atomic mass is 10.3. The predicted octanol–water partition coefficient (Wildman–Crippen LogP) is 1.81. The summed E-state index contributed by atoms with van der Waals surface area (Å²) in [6.45, 7) is 4.00. The van der Waals surface area contributed by atoms with Crippen LogP contribution in [0, 0.1) is 6.92 Å². The Bertz CT molecular complexity index is 301. The zero-order valence-electron chi connectivity index (χ0n) is 8.84. The number of halogens is 1. The van der Waals surface area contributed by atoms with Crippen molar-refractivity contribution in [3.63, 3.8) is 0 Å². The summed E-state index contributed by atoms with van der Waals surface area (Å²) in [5, 5.41) is 3.12. The molecule has 1 aromatic rings. The molecule has 0 radical (unpaired) electrons. The molecule has 1 aromatic heterocycles. The minimum atomic E-state index is 0.964. The van der Waals surface area contributed by atoms with Gasteiger partial charge in [0.1, 0.15) is 5.82 Å². The molecule has 0 fully saturated rings. The number of likely N-dealkylation sites (N-methyl/N-ethyl adjacent to an activating group) is 2. The van der Waals surface area contributed by atoms with Gasteiger partial charge in [0.15, 0.2) is 0 Å². The largest absolute Gasteiger partial charge is 0.358 e. The molecule has 14 heavy (non-hydrogen) atoms. The van der Waals surface area contributed by atoms with Gasteiger partial charge in [0.05, 0.1) is 0 Å². The summed E-state index contributed by atoms with van der Waals surface area (Å²) >= 11 is 3.40. The smallest absolute Gasteiger partial charge is 0.131 e. The van der Waals surface area contributed by atoms with E-state index < -0.39 is 0 Å². The van der Waals surface area contributed by atoms with Gasteiger partial charge in [-0.25, -0.2) is 4.98 Å². The second-order valence-electron chi connectivity index (χ2n) is 3.32. The molecule has 3 nitrogen and oxygen atoms in total. The maximum Gasteiger partial charge on any atom is 0.131 e. The van der Waals surface area contributed by atoms with Gasteiger partial charge in [-0.2, -0.15) is 0 Å². The number of aryl methyl sites for hydroxylation is 1. The average molecular weight is 258 g/mol. The zero-order valence-corrected chi connectivity index (χ0v) is 10.4. The van der Waals surface area contributed by atoms with Crippen molar-refractivity contribution in [3.05, 3.63) is 22.3 Å². The van der Waals surface area contributed by atoms with Crippen LogP contribution in [0.4, 0.5) is 5.82 Å². The summed E-state index contributed by atoms with van der Waals surface area (Å²) in [5.74, 6) is 1.04. The number of nitrogens with one attached hydrogen (secondary N) is 1. The highest BCUT2D eigenvalue weighted by Gasteiger charge is 2.05. The van der Waals surface area contributed by atoms with Gasteiger partial charge in [-0.1, -0.05) is 0 Å². The fourth-order valence-corrected chi connectivity index (χ4v) is 1.76. The molecule has 1 heterocycles. The molecule has 4 heteroatoms. The summed E-state index contributed by atoms with van der Waals surface area (Å²) < 4.78 is 1.03. The van der Waals surface area contributed by atoms with E-state index in [0.717, 1.165) is 23.4 Å². The molecule has 0 spiro atoms. The van der Waals surface area contributed by atoms with Crippen LogP contribution < -0.4 is 10.2 Å². The van der Waals surface area contributed by atoms with Crippen LogP contribution >= 0.6 is 15.9 Å². The topological polar surface area (TPSA) is 28.2 Å². The minimum Gasteiger partial charge on any atom is -0.358 e. The third-order valence-corrected chi connectivity index (χ3v) is 2.51. The van der Waals surface area contributed by atoms with Crippen molar-refractivity contribution >= 4 is 21.7 Å². The summed E-state index contributed by atoms with van der Waals surface area (Å²) in [6.07, 6.45) is 1.83. The van der Waals surface area contributed by atoms with Crippen molar-refractivity contribution in [1.29, 1.82) is 0 Å². The molecule has 0 aliphatic rings. The van der Waals surface area contributed by atoms with Crippen molar-refractivity contribution in [3.8, 4) is 0 Å². The molecule has 0 aromatic carbocycles. The first-order chi connectivity index (χ1) is 6.65. The Labute approximate surface area is 93.7 Å². The van der Waals surface area contributed by atoms with Crippen LogP contribution in [-0.4, -0.2) is 32.2 Å². The van der Waals surface area contributed by atoms with Crippen molar-refractivity contribution in [1.82, 2.24) is 10.3 Å². The molecule has 78 valence electrons. The lowest BCUT2D eigenvalue weighted by Crippen LogP contribution is -2.28. The second kappa shape index (κ2) is 5.32. The van der Waals surface area contributed by atoms with Crippen LogP contribution in [0.1, 0.15) is 5.56 Å².